The second kappa shape index (κ2) is 9.41. The number of benzene rings is 1. The van der Waals surface area contributed by atoms with Crippen molar-refractivity contribution in [1.29, 1.82) is 0 Å². The number of fused-ring (bicyclic) bond motifs is 1. The zero-order valence-corrected chi connectivity index (χ0v) is 17.9. The monoisotopic (exact) mass is 473 g/mol. The molecule has 4 rings (SSSR count). The lowest BCUT2D eigenvalue weighted by atomic mass is 10.1. The van der Waals surface area contributed by atoms with Gasteiger partial charge >= 0.3 is 6.18 Å². The van der Waals surface area contributed by atoms with Crippen LogP contribution in [0.1, 0.15) is 16.0 Å². The van der Waals surface area contributed by atoms with Crippen LogP contribution in [0.5, 0.6) is 0 Å². The molecule has 3 heterocycles. The van der Waals surface area contributed by atoms with Gasteiger partial charge in [-0.05, 0) is 35.2 Å². The summed E-state index contributed by atoms with van der Waals surface area (Å²) < 4.78 is 41.5. The molecule has 1 amide bonds. The Kier molecular flexibility index (Phi) is 6.40. The molecule has 0 aliphatic heterocycles. The molecule has 1 N–H and O–H groups in total. The Balaban J connectivity index is 1.43. The topological polar surface area (TPSA) is 81.8 Å². The summed E-state index contributed by atoms with van der Waals surface area (Å²) in [5, 5.41) is 9.06. The molecule has 0 saturated carbocycles. The fourth-order valence-corrected chi connectivity index (χ4v) is 3.82. The molecule has 3 aromatic heterocycles. The average Bonchev–Trinajstić information content (AvgIpc) is 3.44. The first-order valence-corrected chi connectivity index (χ1v) is 10.8. The van der Waals surface area contributed by atoms with E-state index in [0.717, 1.165) is 17.0 Å². The second-order valence-electron chi connectivity index (χ2n) is 7.12. The summed E-state index contributed by atoms with van der Waals surface area (Å²) in [6.45, 7) is 0.523. The standard InChI is InChI=1S/C22H18F3N5O2S/c23-22(24,25)16-4-1-3-15(11-16)13-29-14-27-20-18(21(29)32)12-28-30(20)9-8-26-19(31)7-6-17-5-2-10-33-17/h1-7,10-12,14H,8-9,13H2,(H,26,31)/b7-6+. The quantitative estimate of drug-likeness (QED) is 0.416. The molecular weight excluding hydrogens is 455 g/mol. The van der Waals surface area contributed by atoms with Crippen molar-refractivity contribution >= 4 is 34.4 Å². The molecule has 4 aromatic rings. The lowest BCUT2D eigenvalue weighted by Crippen LogP contribution is -2.26. The number of nitrogens with one attached hydrogen (secondary N) is 1. The largest absolute Gasteiger partial charge is 0.416 e. The molecule has 0 radical (unpaired) electrons. The highest BCUT2D eigenvalue weighted by molar-refractivity contribution is 7.10. The molecule has 33 heavy (non-hydrogen) atoms. The van der Waals surface area contributed by atoms with Crippen LogP contribution in [-0.2, 0) is 24.1 Å². The lowest BCUT2D eigenvalue weighted by Gasteiger charge is -2.10. The van der Waals surface area contributed by atoms with Crippen LogP contribution in [-0.4, -0.2) is 31.8 Å². The van der Waals surface area contributed by atoms with Crippen molar-refractivity contribution in [2.24, 2.45) is 0 Å². The van der Waals surface area contributed by atoms with Gasteiger partial charge < -0.3 is 5.32 Å². The van der Waals surface area contributed by atoms with Gasteiger partial charge in [-0.15, -0.1) is 11.3 Å². The molecule has 0 aliphatic rings. The number of aromatic nitrogens is 4. The summed E-state index contributed by atoms with van der Waals surface area (Å²) in [4.78, 5) is 29.9. The van der Waals surface area contributed by atoms with Crippen molar-refractivity contribution < 1.29 is 18.0 Å². The van der Waals surface area contributed by atoms with Gasteiger partial charge in [0.15, 0.2) is 5.65 Å². The Hall–Kier alpha value is -3.73. The van der Waals surface area contributed by atoms with E-state index in [0.29, 0.717) is 17.8 Å². The summed E-state index contributed by atoms with van der Waals surface area (Å²) >= 11 is 1.52. The Morgan fingerprint density at radius 3 is 2.82 bits per heavy atom. The highest BCUT2D eigenvalue weighted by Crippen LogP contribution is 2.29. The van der Waals surface area contributed by atoms with Crippen molar-refractivity contribution in [3.05, 3.63) is 86.7 Å². The van der Waals surface area contributed by atoms with Crippen LogP contribution in [0.2, 0.25) is 0 Å². The van der Waals surface area contributed by atoms with Gasteiger partial charge in [-0.3, -0.25) is 14.2 Å². The third-order valence-electron chi connectivity index (χ3n) is 4.79. The van der Waals surface area contributed by atoms with Crippen molar-refractivity contribution in [2.45, 2.75) is 19.3 Å². The first-order valence-electron chi connectivity index (χ1n) is 9.88. The highest BCUT2D eigenvalue weighted by atomic mass is 32.1. The van der Waals surface area contributed by atoms with Crippen LogP contribution in [0.25, 0.3) is 17.1 Å². The van der Waals surface area contributed by atoms with Gasteiger partial charge in [-0.25, -0.2) is 9.67 Å². The number of nitrogens with zero attached hydrogens (tertiary/aromatic N) is 4. The first kappa shape index (κ1) is 22.5. The van der Waals surface area contributed by atoms with E-state index in [1.54, 1.807) is 6.08 Å². The van der Waals surface area contributed by atoms with Crippen LogP contribution < -0.4 is 10.9 Å². The van der Waals surface area contributed by atoms with Gasteiger partial charge in [0.05, 0.1) is 24.8 Å². The summed E-state index contributed by atoms with van der Waals surface area (Å²) in [7, 11) is 0. The molecular formula is C22H18F3N5O2S. The zero-order chi connectivity index (χ0) is 23.4. The number of hydrogen-bond acceptors (Lipinski definition) is 5. The van der Waals surface area contributed by atoms with Crippen molar-refractivity contribution in [1.82, 2.24) is 24.6 Å². The van der Waals surface area contributed by atoms with Crippen LogP contribution in [0, 0.1) is 0 Å². The molecule has 0 saturated heterocycles. The van der Waals surface area contributed by atoms with E-state index in [-0.39, 0.29) is 24.4 Å². The molecule has 11 heteroatoms. The number of carbonyl (C=O) groups is 1. The third kappa shape index (κ3) is 5.37. The molecule has 0 atom stereocenters. The Morgan fingerprint density at radius 1 is 1.21 bits per heavy atom. The van der Waals surface area contributed by atoms with E-state index >= 15 is 0 Å². The summed E-state index contributed by atoms with van der Waals surface area (Å²) in [6, 6.07) is 8.60. The van der Waals surface area contributed by atoms with Gasteiger partial charge in [0.1, 0.15) is 11.7 Å². The second-order valence-corrected chi connectivity index (χ2v) is 8.10. The number of carbonyl (C=O) groups excluding carboxylic acids is 1. The molecule has 0 fully saturated rings. The van der Waals surface area contributed by atoms with E-state index < -0.39 is 17.3 Å². The summed E-state index contributed by atoms with van der Waals surface area (Å²) in [5.74, 6) is -0.253. The number of halogens is 3. The highest BCUT2D eigenvalue weighted by Gasteiger charge is 2.30. The molecule has 0 spiro atoms. The molecule has 7 nitrogen and oxygen atoms in total. The Morgan fingerprint density at radius 2 is 2.06 bits per heavy atom. The minimum absolute atomic E-state index is 0.0521. The van der Waals surface area contributed by atoms with Crippen LogP contribution >= 0.6 is 11.3 Å². The van der Waals surface area contributed by atoms with Gasteiger partial charge in [-0.2, -0.15) is 18.3 Å². The van der Waals surface area contributed by atoms with Gasteiger partial charge in [0.2, 0.25) is 5.91 Å². The fourth-order valence-electron chi connectivity index (χ4n) is 3.20. The van der Waals surface area contributed by atoms with Gasteiger partial charge in [0, 0.05) is 17.5 Å². The van der Waals surface area contributed by atoms with Crippen LogP contribution in [0.3, 0.4) is 0 Å². The Bertz CT molecular complexity index is 1360. The number of thiophene rings is 1. The van der Waals surface area contributed by atoms with E-state index in [1.165, 1.54) is 51.3 Å². The third-order valence-corrected chi connectivity index (χ3v) is 5.63. The summed E-state index contributed by atoms with van der Waals surface area (Å²) in [5.41, 5.74) is -0.517. The van der Waals surface area contributed by atoms with Gasteiger partial charge in [-0.1, -0.05) is 18.2 Å². The zero-order valence-electron chi connectivity index (χ0n) is 17.1. The Labute approximate surface area is 189 Å². The van der Waals surface area contributed by atoms with Crippen molar-refractivity contribution in [2.75, 3.05) is 6.54 Å². The van der Waals surface area contributed by atoms with E-state index in [9.17, 15) is 22.8 Å². The van der Waals surface area contributed by atoms with E-state index in [2.05, 4.69) is 15.4 Å². The molecule has 0 unspecified atom stereocenters. The minimum atomic E-state index is -4.46. The predicted molar refractivity (Wildman–Crippen MR) is 119 cm³/mol. The molecule has 1 aromatic carbocycles. The molecule has 0 aliphatic carbocycles. The maximum absolute atomic E-state index is 12.9. The SMILES string of the molecule is O=C(/C=C/c1cccs1)NCCn1ncc2c(=O)n(Cc3cccc(C(F)(F)F)c3)cnc21. The van der Waals surface area contributed by atoms with E-state index in [1.807, 2.05) is 17.5 Å². The first-order chi connectivity index (χ1) is 15.8. The normalized spacial score (nSPS) is 12.0. The number of rotatable bonds is 7. The van der Waals surface area contributed by atoms with E-state index in [4.69, 9.17) is 0 Å². The molecule has 0 bridgehead atoms. The number of hydrogen-bond donors (Lipinski definition) is 1. The predicted octanol–water partition coefficient (Wildman–Crippen LogP) is 3.55. The van der Waals surface area contributed by atoms with Crippen molar-refractivity contribution in [3.63, 3.8) is 0 Å². The average molecular weight is 473 g/mol. The smallest absolute Gasteiger partial charge is 0.351 e. The van der Waals surface area contributed by atoms with Crippen LogP contribution in [0.15, 0.2) is 65.2 Å². The van der Waals surface area contributed by atoms with Gasteiger partial charge in [0.25, 0.3) is 5.56 Å². The minimum Gasteiger partial charge on any atom is -0.351 e. The number of amides is 1. The maximum Gasteiger partial charge on any atom is 0.416 e. The molecule has 170 valence electrons. The fraction of sp³-hybridized carbons (Fsp3) is 0.182. The van der Waals surface area contributed by atoms with Crippen molar-refractivity contribution in [3.8, 4) is 0 Å². The maximum atomic E-state index is 12.9. The summed E-state index contributed by atoms with van der Waals surface area (Å²) in [6.07, 6.45) is 1.35. The number of alkyl halides is 3. The van der Waals surface area contributed by atoms with Crippen LogP contribution in [0.4, 0.5) is 13.2 Å². The lowest BCUT2D eigenvalue weighted by molar-refractivity contribution is -0.137.